The van der Waals surface area contributed by atoms with Crippen LogP contribution in [0.15, 0.2) is 0 Å². The average molecular weight is 155 g/mol. The highest BCUT2D eigenvalue weighted by Gasteiger charge is 2.28. The summed E-state index contributed by atoms with van der Waals surface area (Å²) in [5.41, 5.74) is 0. The van der Waals surface area contributed by atoms with E-state index in [4.69, 9.17) is 0 Å². The van der Waals surface area contributed by atoms with Crippen molar-refractivity contribution in [2.75, 3.05) is 6.54 Å². The molecule has 0 radical (unpaired) electrons. The van der Waals surface area contributed by atoms with Crippen molar-refractivity contribution >= 4 is 12.2 Å². The highest BCUT2D eigenvalue weighted by molar-refractivity contribution is 5.87. The van der Waals surface area contributed by atoms with Gasteiger partial charge in [0, 0.05) is 13.0 Å². The lowest BCUT2D eigenvalue weighted by Gasteiger charge is -2.20. The van der Waals surface area contributed by atoms with Crippen LogP contribution in [0.25, 0.3) is 0 Å². The Bertz CT molecular complexity index is 167. The molecular weight excluding hydrogens is 142 g/mol. The first-order valence-electron chi connectivity index (χ1n) is 4.03. The molecule has 1 rings (SSSR count). The van der Waals surface area contributed by atoms with E-state index >= 15 is 0 Å². The summed E-state index contributed by atoms with van der Waals surface area (Å²) < 4.78 is 0. The van der Waals surface area contributed by atoms with E-state index in [0.717, 1.165) is 19.3 Å². The van der Waals surface area contributed by atoms with Gasteiger partial charge in [0.2, 0.25) is 6.41 Å². The van der Waals surface area contributed by atoms with Crippen LogP contribution >= 0.6 is 0 Å². The fourth-order valence-corrected chi connectivity index (χ4v) is 1.52. The SMILES string of the molecule is CCN(C=O)C1CCCC1=O. The molecular formula is C8H13NO2. The molecule has 0 heterocycles. The summed E-state index contributed by atoms with van der Waals surface area (Å²) in [6, 6.07) is -0.113. The van der Waals surface area contributed by atoms with Gasteiger partial charge >= 0.3 is 0 Å². The van der Waals surface area contributed by atoms with Crippen LogP contribution in [0, 0.1) is 0 Å². The van der Waals surface area contributed by atoms with Crippen molar-refractivity contribution in [3.63, 3.8) is 0 Å². The molecule has 0 bridgehead atoms. The molecule has 0 aliphatic heterocycles. The van der Waals surface area contributed by atoms with Gasteiger partial charge in [0.15, 0.2) is 5.78 Å². The van der Waals surface area contributed by atoms with Crippen molar-refractivity contribution in [2.45, 2.75) is 32.2 Å². The second kappa shape index (κ2) is 3.51. The molecule has 0 aromatic rings. The Hall–Kier alpha value is -0.860. The van der Waals surface area contributed by atoms with Gasteiger partial charge in [0.05, 0.1) is 6.04 Å². The van der Waals surface area contributed by atoms with E-state index in [2.05, 4.69) is 0 Å². The Labute approximate surface area is 66.4 Å². The average Bonchev–Trinajstić information content (AvgIpc) is 2.40. The zero-order valence-corrected chi connectivity index (χ0v) is 6.75. The number of likely N-dealkylation sites (N-methyl/N-ethyl adjacent to an activating group) is 1. The third-order valence-electron chi connectivity index (χ3n) is 2.17. The molecule has 0 spiro atoms. The summed E-state index contributed by atoms with van der Waals surface area (Å²) in [6.45, 7) is 2.53. The van der Waals surface area contributed by atoms with E-state index in [0.29, 0.717) is 13.0 Å². The molecule has 1 saturated carbocycles. The largest absolute Gasteiger partial charge is 0.336 e. The lowest BCUT2D eigenvalue weighted by atomic mass is 10.2. The fraction of sp³-hybridized carbons (Fsp3) is 0.750. The zero-order chi connectivity index (χ0) is 8.27. The standard InChI is InChI=1S/C8H13NO2/c1-2-9(6-10)7-4-3-5-8(7)11/h6-7H,2-5H2,1H3. The summed E-state index contributed by atoms with van der Waals surface area (Å²) in [4.78, 5) is 23.2. The molecule has 0 aromatic heterocycles. The second-order valence-corrected chi connectivity index (χ2v) is 2.81. The first-order valence-corrected chi connectivity index (χ1v) is 4.03. The summed E-state index contributed by atoms with van der Waals surface area (Å²) >= 11 is 0. The fourth-order valence-electron chi connectivity index (χ4n) is 1.52. The Morgan fingerprint density at radius 2 is 2.45 bits per heavy atom. The maximum absolute atomic E-state index is 11.1. The molecule has 0 aromatic carbocycles. The topological polar surface area (TPSA) is 37.4 Å². The predicted molar refractivity (Wildman–Crippen MR) is 41.1 cm³/mol. The van der Waals surface area contributed by atoms with E-state index in [1.807, 2.05) is 6.92 Å². The lowest BCUT2D eigenvalue weighted by Crippen LogP contribution is -2.36. The van der Waals surface area contributed by atoms with Crippen LogP contribution in [-0.2, 0) is 9.59 Å². The first-order chi connectivity index (χ1) is 5.29. The molecule has 3 nitrogen and oxygen atoms in total. The predicted octanol–water partition coefficient (Wildman–Crippen LogP) is 0.586. The van der Waals surface area contributed by atoms with Crippen LogP contribution in [0.4, 0.5) is 0 Å². The smallest absolute Gasteiger partial charge is 0.210 e. The molecule has 1 atom stereocenters. The first kappa shape index (κ1) is 8.24. The lowest BCUT2D eigenvalue weighted by molar-refractivity contribution is -0.129. The van der Waals surface area contributed by atoms with Crippen molar-refractivity contribution < 1.29 is 9.59 Å². The molecule has 0 saturated heterocycles. The minimum absolute atomic E-state index is 0.113. The number of hydrogen-bond donors (Lipinski definition) is 0. The monoisotopic (exact) mass is 155 g/mol. The van der Waals surface area contributed by atoms with E-state index in [-0.39, 0.29) is 11.8 Å². The van der Waals surface area contributed by atoms with Gasteiger partial charge in [-0.25, -0.2) is 0 Å². The molecule has 0 N–H and O–H groups in total. The maximum atomic E-state index is 11.1. The van der Waals surface area contributed by atoms with Gasteiger partial charge < -0.3 is 4.90 Å². The van der Waals surface area contributed by atoms with Crippen molar-refractivity contribution in [2.24, 2.45) is 0 Å². The number of nitrogens with zero attached hydrogens (tertiary/aromatic N) is 1. The van der Waals surface area contributed by atoms with E-state index in [1.54, 1.807) is 4.90 Å². The van der Waals surface area contributed by atoms with Crippen LogP contribution in [0.3, 0.4) is 0 Å². The van der Waals surface area contributed by atoms with Gasteiger partial charge in [-0.2, -0.15) is 0 Å². The number of amides is 1. The summed E-state index contributed by atoms with van der Waals surface area (Å²) in [5.74, 6) is 0.221. The van der Waals surface area contributed by atoms with Crippen LogP contribution in [0.1, 0.15) is 26.2 Å². The Morgan fingerprint density at radius 1 is 1.73 bits per heavy atom. The number of ketones is 1. The van der Waals surface area contributed by atoms with Crippen molar-refractivity contribution in [1.29, 1.82) is 0 Å². The Balaban J connectivity index is 2.56. The molecule has 62 valence electrons. The minimum Gasteiger partial charge on any atom is -0.336 e. The quantitative estimate of drug-likeness (QED) is 0.559. The third-order valence-corrected chi connectivity index (χ3v) is 2.17. The molecule has 11 heavy (non-hydrogen) atoms. The van der Waals surface area contributed by atoms with Gasteiger partial charge in [0.25, 0.3) is 0 Å². The molecule has 1 amide bonds. The number of carbonyl (C=O) groups is 2. The van der Waals surface area contributed by atoms with Gasteiger partial charge in [-0.3, -0.25) is 9.59 Å². The highest BCUT2D eigenvalue weighted by atomic mass is 16.1. The van der Waals surface area contributed by atoms with Crippen LogP contribution in [-0.4, -0.2) is 29.7 Å². The number of rotatable bonds is 3. The van der Waals surface area contributed by atoms with Gasteiger partial charge in [-0.15, -0.1) is 0 Å². The molecule has 1 fully saturated rings. The third kappa shape index (κ3) is 1.59. The molecule has 3 heteroatoms. The molecule has 1 aliphatic rings. The normalized spacial score (nSPS) is 23.7. The summed E-state index contributed by atoms with van der Waals surface area (Å²) in [6.07, 6.45) is 3.21. The van der Waals surface area contributed by atoms with E-state index in [1.165, 1.54) is 0 Å². The highest BCUT2D eigenvalue weighted by Crippen LogP contribution is 2.18. The van der Waals surface area contributed by atoms with Crippen LogP contribution < -0.4 is 0 Å². The van der Waals surface area contributed by atoms with Crippen molar-refractivity contribution in [3.8, 4) is 0 Å². The summed E-state index contributed by atoms with van der Waals surface area (Å²) in [7, 11) is 0. The summed E-state index contributed by atoms with van der Waals surface area (Å²) in [5, 5.41) is 0. The van der Waals surface area contributed by atoms with Gasteiger partial charge in [0.1, 0.15) is 0 Å². The number of carbonyl (C=O) groups excluding carboxylic acids is 2. The van der Waals surface area contributed by atoms with E-state index < -0.39 is 0 Å². The second-order valence-electron chi connectivity index (χ2n) is 2.81. The van der Waals surface area contributed by atoms with Gasteiger partial charge in [-0.05, 0) is 19.8 Å². The number of Topliss-reactive ketones (excluding diaryl/α,β-unsaturated/α-hetero) is 1. The van der Waals surface area contributed by atoms with Crippen molar-refractivity contribution in [3.05, 3.63) is 0 Å². The molecule has 1 unspecified atom stereocenters. The molecule has 1 aliphatic carbocycles. The van der Waals surface area contributed by atoms with Crippen LogP contribution in [0.2, 0.25) is 0 Å². The number of hydrogen-bond acceptors (Lipinski definition) is 2. The van der Waals surface area contributed by atoms with Gasteiger partial charge in [-0.1, -0.05) is 0 Å². The van der Waals surface area contributed by atoms with Crippen LogP contribution in [0.5, 0.6) is 0 Å². The van der Waals surface area contributed by atoms with E-state index in [9.17, 15) is 9.59 Å². The zero-order valence-electron chi connectivity index (χ0n) is 6.75. The maximum Gasteiger partial charge on any atom is 0.210 e. The minimum atomic E-state index is -0.113. The Kier molecular flexibility index (Phi) is 2.63. The van der Waals surface area contributed by atoms with Crippen molar-refractivity contribution in [1.82, 2.24) is 4.90 Å². The Morgan fingerprint density at radius 3 is 2.82 bits per heavy atom.